The molecule has 1 N–H and O–H groups in total. The van der Waals surface area contributed by atoms with Gasteiger partial charge in [-0.3, -0.25) is 0 Å². The molecule has 98 valence electrons. The number of hydrogen-bond donors (Lipinski definition) is 1. The lowest BCUT2D eigenvalue weighted by Crippen LogP contribution is -2.40. The summed E-state index contributed by atoms with van der Waals surface area (Å²) < 4.78 is 5.35. The van der Waals surface area contributed by atoms with Crippen molar-refractivity contribution in [1.29, 1.82) is 0 Å². The van der Waals surface area contributed by atoms with E-state index < -0.39 is 0 Å². The van der Waals surface area contributed by atoms with Crippen LogP contribution in [0.15, 0.2) is 0 Å². The van der Waals surface area contributed by atoms with E-state index in [-0.39, 0.29) is 6.09 Å². The summed E-state index contributed by atoms with van der Waals surface area (Å²) in [5.41, 5.74) is 0. The summed E-state index contributed by atoms with van der Waals surface area (Å²) in [6.07, 6.45) is 0.916. The second-order valence-electron chi connectivity index (χ2n) is 5.68. The fraction of sp³-hybridized carbons (Fsp3) is 0.923. The SMILES string of the molecule is CCC1C2CNCC2CN1C(=O)OCC(C)C. The molecule has 0 aromatic rings. The first kappa shape index (κ1) is 12.7. The number of amides is 1. The van der Waals surface area contributed by atoms with Crippen molar-refractivity contribution in [2.75, 3.05) is 26.2 Å². The predicted octanol–water partition coefficient (Wildman–Crippen LogP) is 1.71. The summed E-state index contributed by atoms with van der Waals surface area (Å²) in [6.45, 7) is 9.78. The average molecular weight is 240 g/mol. The van der Waals surface area contributed by atoms with E-state index >= 15 is 0 Å². The van der Waals surface area contributed by atoms with Crippen molar-refractivity contribution in [1.82, 2.24) is 10.2 Å². The fourth-order valence-electron chi connectivity index (χ4n) is 3.08. The van der Waals surface area contributed by atoms with Crippen LogP contribution in [0.5, 0.6) is 0 Å². The number of nitrogens with one attached hydrogen (secondary N) is 1. The summed E-state index contributed by atoms with van der Waals surface area (Å²) in [5, 5.41) is 3.42. The number of likely N-dealkylation sites (tertiary alicyclic amines) is 1. The summed E-state index contributed by atoms with van der Waals surface area (Å²) >= 11 is 0. The van der Waals surface area contributed by atoms with Crippen molar-refractivity contribution in [2.24, 2.45) is 17.8 Å². The standard InChI is InChI=1S/C13H24N2O2/c1-4-12-11-6-14-5-10(11)7-15(12)13(16)17-8-9(2)3/h9-12,14H,4-8H2,1-3H3. The Morgan fingerprint density at radius 3 is 2.88 bits per heavy atom. The summed E-state index contributed by atoms with van der Waals surface area (Å²) in [4.78, 5) is 14.0. The van der Waals surface area contributed by atoms with Gasteiger partial charge in [0.05, 0.1) is 6.61 Å². The molecule has 0 aromatic carbocycles. The van der Waals surface area contributed by atoms with Gasteiger partial charge in [-0.25, -0.2) is 4.79 Å². The van der Waals surface area contributed by atoms with Crippen LogP contribution in [-0.2, 0) is 4.74 Å². The van der Waals surface area contributed by atoms with Crippen molar-refractivity contribution >= 4 is 6.09 Å². The Balaban J connectivity index is 1.94. The largest absolute Gasteiger partial charge is 0.449 e. The highest BCUT2D eigenvalue weighted by atomic mass is 16.6. The third kappa shape index (κ3) is 2.57. The minimum absolute atomic E-state index is 0.111. The van der Waals surface area contributed by atoms with E-state index in [1.165, 1.54) is 0 Å². The molecule has 0 radical (unpaired) electrons. The second kappa shape index (κ2) is 5.25. The van der Waals surface area contributed by atoms with Crippen molar-refractivity contribution in [3.63, 3.8) is 0 Å². The Morgan fingerprint density at radius 2 is 2.24 bits per heavy atom. The van der Waals surface area contributed by atoms with Crippen LogP contribution in [0, 0.1) is 17.8 Å². The monoisotopic (exact) mass is 240 g/mol. The maximum Gasteiger partial charge on any atom is 0.410 e. The molecule has 2 aliphatic heterocycles. The smallest absolute Gasteiger partial charge is 0.410 e. The summed E-state index contributed by atoms with van der Waals surface area (Å²) in [6, 6.07) is 0.370. The molecular weight excluding hydrogens is 216 g/mol. The number of ether oxygens (including phenoxy) is 1. The number of carbonyl (C=O) groups is 1. The Kier molecular flexibility index (Phi) is 3.92. The molecule has 0 aliphatic carbocycles. The van der Waals surface area contributed by atoms with Gasteiger partial charge in [0.15, 0.2) is 0 Å². The predicted molar refractivity (Wildman–Crippen MR) is 66.8 cm³/mol. The Morgan fingerprint density at radius 1 is 1.47 bits per heavy atom. The molecule has 1 amide bonds. The van der Waals surface area contributed by atoms with Gasteiger partial charge >= 0.3 is 6.09 Å². The maximum atomic E-state index is 12.0. The Hall–Kier alpha value is -0.770. The molecular formula is C13H24N2O2. The van der Waals surface area contributed by atoms with Crippen molar-refractivity contribution in [3.05, 3.63) is 0 Å². The quantitative estimate of drug-likeness (QED) is 0.816. The molecule has 4 nitrogen and oxygen atoms in total. The number of nitrogens with zero attached hydrogens (tertiary/aromatic N) is 1. The molecule has 4 heteroatoms. The lowest BCUT2D eigenvalue weighted by molar-refractivity contribution is 0.0833. The van der Waals surface area contributed by atoms with Gasteiger partial charge in [0.1, 0.15) is 0 Å². The van der Waals surface area contributed by atoms with Crippen LogP contribution in [0.1, 0.15) is 27.2 Å². The van der Waals surface area contributed by atoms with Gasteiger partial charge in [-0.2, -0.15) is 0 Å². The van der Waals surface area contributed by atoms with Crippen LogP contribution in [0.2, 0.25) is 0 Å². The first-order valence-electron chi connectivity index (χ1n) is 6.77. The lowest BCUT2D eigenvalue weighted by atomic mass is 9.93. The maximum absolute atomic E-state index is 12.0. The zero-order valence-electron chi connectivity index (χ0n) is 11.1. The van der Waals surface area contributed by atoms with Crippen molar-refractivity contribution < 1.29 is 9.53 Å². The number of rotatable bonds is 3. The highest BCUT2D eigenvalue weighted by Gasteiger charge is 2.45. The van der Waals surface area contributed by atoms with E-state index in [0.717, 1.165) is 26.1 Å². The van der Waals surface area contributed by atoms with E-state index in [4.69, 9.17) is 4.74 Å². The Labute approximate surface area is 104 Å². The zero-order valence-corrected chi connectivity index (χ0v) is 11.1. The van der Waals surface area contributed by atoms with Crippen molar-refractivity contribution in [3.8, 4) is 0 Å². The number of fused-ring (bicyclic) bond motifs is 1. The van der Waals surface area contributed by atoms with Gasteiger partial charge < -0.3 is 15.0 Å². The van der Waals surface area contributed by atoms with Gasteiger partial charge in [-0.05, 0) is 24.2 Å². The summed E-state index contributed by atoms with van der Waals surface area (Å²) in [5.74, 6) is 1.67. The number of hydrogen-bond acceptors (Lipinski definition) is 3. The first-order valence-corrected chi connectivity index (χ1v) is 6.77. The molecule has 2 fully saturated rings. The van der Waals surface area contributed by atoms with Crippen molar-refractivity contribution in [2.45, 2.75) is 33.2 Å². The third-order valence-corrected chi connectivity index (χ3v) is 3.91. The highest BCUT2D eigenvalue weighted by molar-refractivity contribution is 5.68. The van der Waals surface area contributed by atoms with Gasteiger partial charge in [0.2, 0.25) is 0 Å². The van der Waals surface area contributed by atoms with Gasteiger partial charge in [0, 0.05) is 25.7 Å². The van der Waals surface area contributed by atoms with Gasteiger partial charge in [-0.1, -0.05) is 20.8 Å². The average Bonchev–Trinajstić information content (AvgIpc) is 2.84. The molecule has 3 atom stereocenters. The minimum atomic E-state index is -0.111. The molecule has 2 rings (SSSR count). The van der Waals surface area contributed by atoms with Crippen LogP contribution in [-0.4, -0.2) is 43.3 Å². The molecule has 0 saturated carbocycles. The van der Waals surface area contributed by atoms with Gasteiger partial charge in [0.25, 0.3) is 0 Å². The fourth-order valence-corrected chi connectivity index (χ4v) is 3.08. The van der Waals surface area contributed by atoms with E-state index in [0.29, 0.717) is 30.4 Å². The van der Waals surface area contributed by atoms with Crippen LogP contribution < -0.4 is 5.32 Å². The normalized spacial score (nSPS) is 32.0. The lowest BCUT2D eigenvalue weighted by Gasteiger charge is -2.26. The third-order valence-electron chi connectivity index (χ3n) is 3.91. The first-order chi connectivity index (χ1) is 8.13. The molecule has 2 aliphatic rings. The Bertz CT molecular complexity index is 281. The number of carbonyl (C=O) groups excluding carboxylic acids is 1. The zero-order chi connectivity index (χ0) is 12.4. The molecule has 0 spiro atoms. The molecule has 0 aromatic heterocycles. The van der Waals surface area contributed by atoms with E-state index in [9.17, 15) is 4.79 Å². The van der Waals surface area contributed by atoms with Crippen LogP contribution in [0.4, 0.5) is 4.79 Å². The van der Waals surface area contributed by atoms with E-state index in [1.54, 1.807) is 0 Å². The minimum Gasteiger partial charge on any atom is -0.449 e. The molecule has 2 saturated heterocycles. The van der Waals surface area contributed by atoms with Crippen LogP contribution in [0.25, 0.3) is 0 Å². The van der Waals surface area contributed by atoms with E-state index in [1.807, 2.05) is 4.90 Å². The topological polar surface area (TPSA) is 41.6 Å². The van der Waals surface area contributed by atoms with Crippen LogP contribution in [0.3, 0.4) is 0 Å². The second-order valence-corrected chi connectivity index (χ2v) is 5.68. The molecule has 2 heterocycles. The van der Waals surface area contributed by atoms with Gasteiger partial charge in [-0.15, -0.1) is 0 Å². The molecule has 17 heavy (non-hydrogen) atoms. The molecule has 0 bridgehead atoms. The highest BCUT2D eigenvalue weighted by Crippen LogP contribution is 2.34. The van der Waals surface area contributed by atoms with E-state index in [2.05, 4.69) is 26.1 Å². The molecule has 3 unspecified atom stereocenters. The van der Waals surface area contributed by atoms with Crippen LogP contribution >= 0.6 is 0 Å². The summed E-state index contributed by atoms with van der Waals surface area (Å²) in [7, 11) is 0.